The fourth-order valence-electron chi connectivity index (χ4n) is 4.09. The number of urea groups is 1. The average Bonchev–Trinajstić information content (AvgIpc) is 3.27. The Morgan fingerprint density at radius 1 is 1.09 bits per heavy atom. The number of alkyl halides is 3. The Bertz CT molecular complexity index is 1260. The zero-order chi connectivity index (χ0) is 25.2. The molecule has 2 aromatic carbocycles. The van der Waals surface area contributed by atoms with E-state index >= 15 is 0 Å². The Morgan fingerprint density at radius 2 is 1.86 bits per heavy atom. The fourth-order valence-corrected chi connectivity index (χ4v) is 4.09. The Morgan fingerprint density at radius 3 is 2.57 bits per heavy atom. The van der Waals surface area contributed by atoms with Gasteiger partial charge < -0.3 is 15.5 Å². The molecule has 4 rings (SSSR count). The molecule has 0 unspecified atom stereocenters. The van der Waals surface area contributed by atoms with Gasteiger partial charge in [-0.3, -0.25) is 14.7 Å². The highest BCUT2D eigenvalue weighted by atomic mass is 19.4. The zero-order valence-electron chi connectivity index (χ0n) is 19.2. The van der Waals surface area contributed by atoms with Crippen LogP contribution in [0.25, 0.3) is 0 Å². The summed E-state index contributed by atoms with van der Waals surface area (Å²) in [6, 6.07) is 13.3. The minimum Gasteiger partial charge on any atom is -0.354 e. The van der Waals surface area contributed by atoms with Crippen LogP contribution in [0, 0.1) is 0 Å². The SMILES string of the molecule is CCN(c1ccnc(C(=O)NC)c1)c1ccc2c(c1)CCN2C(=O)Nc1cccc(C(F)(F)F)c1. The first-order valence-corrected chi connectivity index (χ1v) is 11.1. The summed E-state index contributed by atoms with van der Waals surface area (Å²) in [7, 11) is 1.55. The highest BCUT2D eigenvalue weighted by Crippen LogP contribution is 2.35. The van der Waals surface area contributed by atoms with Gasteiger partial charge >= 0.3 is 12.2 Å². The van der Waals surface area contributed by atoms with Crippen LogP contribution in [0.1, 0.15) is 28.5 Å². The van der Waals surface area contributed by atoms with Gasteiger partial charge in [-0.25, -0.2) is 4.79 Å². The van der Waals surface area contributed by atoms with E-state index in [1.165, 1.54) is 17.0 Å². The average molecular weight is 483 g/mol. The van der Waals surface area contributed by atoms with Gasteiger partial charge in [0.05, 0.1) is 5.56 Å². The number of hydrogen-bond acceptors (Lipinski definition) is 4. The monoisotopic (exact) mass is 483 g/mol. The van der Waals surface area contributed by atoms with Crippen molar-refractivity contribution in [3.05, 3.63) is 77.6 Å². The predicted molar refractivity (Wildman–Crippen MR) is 128 cm³/mol. The number of halogens is 3. The second-order valence-electron chi connectivity index (χ2n) is 7.95. The van der Waals surface area contributed by atoms with Crippen molar-refractivity contribution in [2.75, 3.05) is 35.3 Å². The minimum absolute atomic E-state index is 0.0802. The number of anilines is 4. The molecule has 35 heavy (non-hydrogen) atoms. The first kappa shape index (κ1) is 24.1. The molecular formula is C25H24F3N5O2. The van der Waals surface area contributed by atoms with Gasteiger partial charge in [0.15, 0.2) is 0 Å². The summed E-state index contributed by atoms with van der Waals surface area (Å²) in [6.07, 6.45) is -2.30. The first-order valence-electron chi connectivity index (χ1n) is 11.1. The number of carbonyl (C=O) groups is 2. The molecule has 0 saturated carbocycles. The lowest BCUT2D eigenvalue weighted by atomic mass is 10.1. The summed E-state index contributed by atoms with van der Waals surface area (Å²) >= 11 is 0. The van der Waals surface area contributed by atoms with Crippen molar-refractivity contribution in [3.8, 4) is 0 Å². The molecule has 1 aliphatic rings. The van der Waals surface area contributed by atoms with Crippen LogP contribution in [0.2, 0.25) is 0 Å². The van der Waals surface area contributed by atoms with Gasteiger partial charge in [-0.2, -0.15) is 13.2 Å². The summed E-state index contributed by atoms with van der Waals surface area (Å²) in [5.74, 6) is -0.278. The number of amides is 3. The molecule has 1 aromatic heterocycles. The van der Waals surface area contributed by atoms with E-state index in [0.29, 0.717) is 30.9 Å². The molecular weight excluding hydrogens is 459 g/mol. The first-order chi connectivity index (χ1) is 16.7. The van der Waals surface area contributed by atoms with Crippen molar-refractivity contribution in [1.82, 2.24) is 10.3 Å². The second-order valence-corrected chi connectivity index (χ2v) is 7.95. The van der Waals surface area contributed by atoms with Gasteiger partial charge in [0.25, 0.3) is 5.91 Å². The molecule has 0 fully saturated rings. The maximum atomic E-state index is 13.0. The lowest BCUT2D eigenvalue weighted by Crippen LogP contribution is -2.33. The Kier molecular flexibility index (Phi) is 6.63. The number of hydrogen-bond donors (Lipinski definition) is 2. The van der Waals surface area contributed by atoms with E-state index in [0.717, 1.165) is 29.1 Å². The molecule has 2 heterocycles. The van der Waals surface area contributed by atoms with Crippen LogP contribution in [0.5, 0.6) is 0 Å². The number of aromatic nitrogens is 1. The van der Waals surface area contributed by atoms with Crippen LogP contribution in [0.3, 0.4) is 0 Å². The molecule has 0 bridgehead atoms. The van der Waals surface area contributed by atoms with E-state index < -0.39 is 17.8 Å². The van der Waals surface area contributed by atoms with Crippen LogP contribution in [-0.4, -0.2) is 37.1 Å². The largest absolute Gasteiger partial charge is 0.416 e. The molecule has 0 atom stereocenters. The second kappa shape index (κ2) is 9.65. The topological polar surface area (TPSA) is 77.6 Å². The van der Waals surface area contributed by atoms with Crippen molar-refractivity contribution in [3.63, 3.8) is 0 Å². The molecule has 182 valence electrons. The molecule has 10 heteroatoms. The fraction of sp³-hybridized carbons (Fsp3) is 0.240. The summed E-state index contributed by atoms with van der Waals surface area (Å²) in [5.41, 5.74) is 2.91. The number of nitrogens with zero attached hydrogens (tertiary/aromatic N) is 3. The van der Waals surface area contributed by atoms with Crippen LogP contribution in [0.15, 0.2) is 60.8 Å². The van der Waals surface area contributed by atoms with Gasteiger partial charge in [-0.15, -0.1) is 0 Å². The zero-order valence-corrected chi connectivity index (χ0v) is 19.2. The Hall–Kier alpha value is -4.08. The van der Waals surface area contributed by atoms with E-state index in [2.05, 4.69) is 15.6 Å². The van der Waals surface area contributed by atoms with E-state index in [-0.39, 0.29) is 11.6 Å². The highest BCUT2D eigenvalue weighted by molar-refractivity contribution is 6.03. The van der Waals surface area contributed by atoms with E-state index in [4.69, 9.17) is 0 Å². The Balaban J connectivity index is 1.54. The highest BCUT2D eigenvalue weighted by Gasteiger charge is 2.31. The van der Waals surface area contributed by atoms with Crippen LogP contribution in [0.4, 0.5) is 40.7 Å². The summed E-state index contributed by atoms with van der Waals surface area (Å²) in [5, 5.41) is 5.13. The van der Waals surface area contributed by atoms with Crippen molar-refractivity contribution in [2.45, 2.75) is 19.5 Å². The molecule has 7 nitrogen and oxygen atoms in total. The maximum absolute atomic E-state index is 13.0. The van der Waals surface area contributed by atoms with E-state index in [1.807, 2.05) is 36.1 Å². The molecule has 3 aromatic rings. The summed E-state index contributed by atoms with van der Waals surface area (Å²) in [6.45, 7) is 3.03. The van der Waals surface area contributed by atoms with E-state index in [9.17, 15) is 22.8 Å². The molecule has 3 amide bonds. The maximum Gasteiger partial charge on any atom is 0.416 e. The lowest BCUT2D eigenvalue weighted by Gasteiger charge is -2.25. The minimum atomic E-state index is -4.49. The van der Waals surface area contributed by atoms with Crippen LogP contribution in [-0.2, 0) is 12.6 Å². The molecule has 1 aliphatic heterocycles. The van der Waals surface area contributed by atoms with Gasteiger partial charge in [-0.05, 0) is 67.4 Å². The van der Waals surface area contributed by atoms with Crippen molar-refractivity contribution in [1.29, 1.82) is 0 Å². The van der Waals surface area contributed by atoms with Crippen molar-refractivity contribution in [2.24, 2.45) is 0 Å². The van der Waals surface area contributed by atoms with Crippen molar-refractivity contribution < 1.29 is 22.8 Å². The predicted octanol–water partition coefficient (Wildman–Crippen LogP) is 5.21. The molecule has 0 aliphatic carbocycles. The molecule has 0 radical (unpaired) electrons. The molecule has 2 N–H and O–H groups in total. The third-order valence-electron chi connectivity index (χ3n) is 5.79. The normalized spacial score (nSPS) is 12.8. The van der Waals surface area contributed by atoms with Crippen LogP contribution < -0.4 is 20.4 Å². The number of carbonyl (C=O) groups excluding carboxylic acids is 2. The summed E-state index contributed by atoms with van der Waals surface area (Å²) in [4.78, 5) is 32.5. The lowest BCUT2D eigenvalue weighted by molar-refractivity contribution is -0.137. The smallest absolute Gasteiger partial charge is 0.354 e. The number of nitrogens with one attached hydrogen (secondary N) is 2. The third kappa shape index (κ3) is 5.06. The number of pyridine rings is 1. The number of benzene rings is 2. The van der Waals surface area contributed by atoms with Gasteiger partial charge in [-0.1, -0.05) is 6.07 Å². The van der Waals surface area contributed by atoms with Crippen LogP contribution >= 0.6 is 0 Å². The van der Waals surface area contributed by atoms with E-state index in [1.54, 1.807) is 19.3 Å². The van der Waals surface area contributed by atoms with Gasteiger partial charge in [0.1, 0.15) is 5.69 Å². The standard InChI is InChI=1S/C25H24F3N5O2/c1-3-32(20-9-11-30-21(15-20)23(34)29-2)19-7-8-22-16(13-19)10-12-33(22)24(35)31-18-6-4-5-17(14-18)25(26,27)28/h4-9,11,13-15H,3,10,12H2,1-2H3,(H,29,34)(H,31,35). The molecule has 0 spiro atoms. The summed E-state index contributed by atoms with van der Waals surface area (Å²) < 4.78 is 39.0. The number of rotatable bonds is 5. The van der Waals surface area contributed by atoms with Gasteiger partial charge in [0, 0.05) is 49.1 Å². The van der Waals surface area contributed by atoms with Crippen molar-refractivity contribution >= 4 is 34.7 Å². The quantitative estimate of drug-likeness (QED) is 0.522. The number of fused-ring (bicyclic) bond motifs is 1. The molecule has 0 saturated heterocycles. The van der Waals surface area contributed by atoms with Gasteiger partial charge in [0.2, 0.25) is 0 Å². The Labute approximate surface area is 200 Å². The third-order valence-corrected chi connectivity index (χ3v) is 5.79.